The van der Waals surface area contributed by atoms with E-state index in [0.717, 1.165) is 11.3 Å². The minimum atomic E-state index is -3.89. The molecule has 164 valence electrons. The highest BCUT2D eigenvalue weighted by Crippen LogP contribution is 2.41. The van der Waals surface area contributed by atoms with Crippen LogP contribution in [0.5, 0.6) is 0 Å². The summed E-state index contributed by atoms with van der Waals surface area (Å²) >= 11 is 3.10. The summed E-state index contributed by atoms with van der Waals surface area (Å²) in [6.45, 7) is 1.06. The summed E-state index contributed by atoms with van der Waals surface area (Å²) in [6, 6.07) is 12.7. The predicted octanol–water partition coefficient (Wildman–Crippen LogP) is 4.71. The van der Waals surface area contributed by atoms with Crippen LogP contribution in [-0.2, 0) is 15.9 Å². The Balaban J connectivity index is 1.79. The number of aromatic nitrogens is 1. The van der Waals surface area contributed by atoms with Gasteiger partial charge in [-0.2, -0.15) is 0 Å². The lowest BCUT2D eigenvalue weighted by Gasteiger charge is -2.20. The fourth-order valence-electron chi connectivity index (χ4n) is 3.27. The van der Waals surface area contributed by atoms with Crippen molar-refractivity contribution in [3.05, 3.63) is 57.0 Å². The van der Waals surface area contributed by atoms with Crippen LogP contribution in [0.15, 0.2) is 53.4 Å². The van der Waals surface area contributed by atoms with E-state index >= 15 is 8.78 Å². The number of nitrogens with one attached hydrogen (secondary N) is 3. The summed E-state index contributed by atoms with van der Waals surface area (Å²) < 4.78 is 58.9. The fraction of sp³-hybridized carbons (Fsp3) is 0.250. The minimum absolute atomic E-state index is 0.0912. The van der Waals surface area contributed by atoms with Gasteiger partial charge in [-0.05, 0) is 40.8 Å². The number of fused-ring (bicyclic) bond motifs is 6. The van der Waals surface area contributed by atoms with Crippen molar-refractivity contribution < 1.29 is 17.2 Å². The van der Waals surface area contributed by atoms with E-state index in [1.165, 1.54) is 18.2 Å². The zero-order valence-electron chi connectivity index (χ0n) is 16.2. The molecule has 1 aliphatic heterocycles. The first kappa shape index (κ1) is 22.4. The van der Waals surface area contributed by atoms with Crippen LogP contribution in [0.2, 0.25) is 0 Å². The van der Waals surface area contributed by atoms with E-state index in [0.29, 0.717) is 32.9 Å². The molecule has 2 aromatic carbocycles. The van der Waals surface area contributed by atoms with E-state index in [4.69, 9.17) is 0 Å². The van der Waals surface area contributed by atoms with Crippen molar-refractivity contribution in [1.29, 1.82) is 0 Å². The number of alkyl halides is 2. The lowest BCUT2D eigenvalue weighted by Crippen LogP contribution is -2.27. The molecular formula is C20H19F2IN4O2S2. The largest absolute Gasteiger partial charge is 0.384 e. The van der Waals surface area contributed by atoms with E-state index in [1.54, 1.807) is 30.3 Å². The van der Waals surface area contributed by atoms with Gasteiger partial charge in [0.05, 0.1) is 13.5 Å². The first-order valence-electron chi connectivity index (χ1n) is 9.48. The lowest BCUT2D eigenvalue weighted by atomic mass is 9.97. The molecule has 6 nitrogen and oxygen atoms in total. The Morgan fingerprint density at radius 1 is 1.06 bits per heavy atom. The topological polar surface area (TPSA) is 83.1 Å². The second kappa shape index (κ2) is 8.96. The molecule has 11 heteroatoms. The fourth-order valence-corrected chi connectivity index (χ4v) is 6.29. The van der Waals surface area contributed by atoms with Crippen molar-refractivity contribution in [3.63, 3.8) is 0 Å². The van der Waals surface area contributed by atoms with Gasteiger partial charge in [0.25, 0.3) is 15.9 Å². The van der Waals surface area contributed by atoms with Gasteiger partial charge in [0, 0.05) is 42.9 Å². The van der Waals surface area contributed by atoms with Crippen LogP contribution in [0, 0.1) is 2.88 Å². The molecule has 0 aliphatic carbocycles. The van der Waals surface area contributed by atoms with Crippen molar-refractivity contribution in [2.24, 2.45) is 0 Å². The summed E-state index contributed by atoms with van der Waals surface area (Å²) in [5.74, 6) is -3.07. The van der Waals surface area contributed by atoms with Crippen LogP contribution in [0.3, 0.4) is 0 Å². The normalized spacial score (nSPS) is 18.2. The highest BCUT2D eigenvalue weighted by Gasteiger charge is 2.34. The molecule has 0 spiro atoms. The summed E-state index contributed by atoms with van der Waals surface area (Å²) in [5, 5.41) is 6.25. The van der Waals surface area contributed by atoms with Crippen LogP contribution in [0.1, 0.15) is 12.0 Å². The smallest absolute Gasteiger partial charge is 0.275 e. The molecule has 3 aromatic rings. The molecule has 0 unspecified atom stereocenters. The zero-order chi connectivity index (χ0) is 22.1. The van der Waals surface area contributed by atoms with Crippen LogP contribution < -0.4 is 15.4 Å². The molecule has 0 radical (unpaired) electrons. The van der Waals surface area contributed by atoms with Gasteiger partial charge in [0.1, 0.15) is 0 Å². The van der Waals surface area contributed by atoms with Gasteiger partial charge >= 0.3 is 0 Å². The first-order chi connectivity index (χ1) is 14.8. The number of anilines is 2. The minimum Gasteiger partial charge on any atom is -0.384 e. The molecule has 0 atom stereocenters. The quantitative estimate of drug-likeness (QED) is 0.338. The first-order valence-corrected chi connectivity index (χ1v) is 12.9. The van der Waals surface area contributed by atoms with Gasteiger partial charge < -0.3 is 10.6 Å². The van der Waals surface area contributed by atoms with Gasteiger partial charge in [-0.1, -0.05) is 41.7 Å². The van der Waals surface area contributed by atoms with Crippen LogP contribution in [0.25, 0.3) is 11.3 Å². The third-order valence-corrected chi connectivity index (χ3v) is 8.17. The molecule has 1 aromatic heterocycles. The number of hydrogen-bond donors (Lipinski definition) is 3. The van der Waals surface area contributed by atoms with Gasteiger partial charge in [-0.3, -0.25) is 4.72 Å². The number of benzene rings is 2. The Labute approximate surface area is 196 Å². The Hall–Kier alpha value is -1.83. The third kappa shape index (κ3) is 4.99. The average molecular weight is 576 g/mol. The second-order valence-electron chi connectivity index (χ2n) is 6.95. The van der Waals surface area contributed by atoms with E-state index in [1.807, 2.05) is 22.6 Å². The molecular weight excluding hydrogens is 557 g/mol. The Kier molecular flexibility index (Phi) is 6.47. The average Bonchev–Trinajstić information content (AvgIpc) is 3.09. The maximum absolute atomic E-state index is 15.1. The lowest BCUT2D eigenvalue weighted by molar-refractivity contribution is -0.0121. The predicted molar refractivity (Wildman–Crippen MR) is 127 cm³/mol. The van der Waals surface area contributed by atoms with E-state index in [9.17, 15) is 8.42 Å². The second-order valence-corrected chi connectivity index (χ2v) is 11.4. The van der Waals surface area contributed by atoms with E-state index in [-0.39, 0.29) is 28.6 Å². The van der Waals surface area contributed by atoms with Gasteiger partial charge in [-0.15, -0.1) is 0 Å². The van der Waals surface area contributed by atoms with Crippen LogP contribution in [0.4, 0.5) is 19.6 Å². The monoisotopic (exact) mass is 576 g/mol. The number of rotatable bonds is 0. The number of hydrogen-bond acceptors (Lipinski definition) is 6. The summed E-state index contributed by atoms with van der Waals surface area (Å²) in [5.41, 5.74) is 1.14. The zero-order valence-corrected chi connectivity index (χ0v) is 20.0. The SMILES string of the molecule is O=S1(=O)Nc2nc(c(I)s2)-c2ccccc2C(F)(F)CCNCCNc2cccc1c2. The van der Waals surface area contributed by atoms with E-state index < -0.39 is 15.9 Å². The molecule has 4 rings (SSSR count). The number of thiazole rings is 1. The number of nitrogens with zero attached hydrogens (tertiary/aromatic N) is 1. The molecule has 0 fully saturated rings. The van der Waals surface area contributed by atoms with Crippen molar-refractivity contribution >= 4 is 54.8 Å². The highest BCUT2D eigenvalue weighted by molar-refractivity contribution is 14.1. The van der Waals surface area contributed by atoms with Gasteiger partial charge in [0.2, 0.25) is 0 Å². The molecule has 2 heterocycles. The van der Waals surface area contributed by atoms with E-state index in [2.05, 4.69) is 20.3 Å². The molecule has 0 saturated heterocycles. The molecule has 31 heavy (non-hydrogen) atoms. The third-order valence-electron chi connectivity index (χ3n) is 4.77. The number of halogens is 3. The van der Waals surface area contributed by atoms with Crippen molar-refractivity contribution in [3.8, 4) is 11.3 Å². The molecule has 4 bridgehead atoms. The van der Waals surface area contributed by atoms with Crippen molar-refractivity contribution in [1.82, 2.24) is 10.3 Å². The molecule has 3 N–H and O–H groups in total. The van der Waals surface area contributed by atoms with Crippen LogP contribution >= 0.6 is 33.9 Å². The Morgan fingerprint density at radius 2 is 1.87 bits per heavy atom. The summed E-state index contributed by atoms with van der Waals surface area (Å²) in [6.07, 6.45) is -0.361. The maximum Gasteiger partial charge on any atom is 0.275 e. The molecule has 1 aliphatic rings. The van der Waals surface area contributed by atoms with Crippen LogP contribution in [-0.4, -0.2) is 33.0 Å². The van der Waals surface area contributed by atoms with Crippen molar-refractivity contribution in [2.45, 2.75) is 17.2 Å². The Morgan fingerprint density at radius 3 is 2.71 bits per heavy atom. The molecule has 0 amide bonds. The summed E-state index contributed by atoms with van der Waals surface area (Å²) in [7, 11) is -3.89. The van der Waals surface area contributed by atoms with Crippen molar-refractivity contribution in [2.75, 3.05) is 29.7 Å². The Bertz CT molecular complexity index is 1200. The standard InChI is InChI=1S/C20H19F2IN4O2S2/c21-20(22)8-9-24-10-11-25-13-4-3-5-14(12-13)31(28,29)27-19-26-17(18(23)30-19)15-6-1-2-7-16(15)20/h1-7,12,24-25H,8-11H2,(H,26,27). The van der Waals surface area contributed by atoms with Gasteiger partial charge in [-0.25, -0.2) is 22.2 Å². The molecule has 0 saturated carbocycles. The maximum atomic E-state index is 15.1. The summed E-state index contributed by atoms with van der Waals surface area (Å²) in [4.78, 5) is 4.45. The van der Waals surface area contributed by atoms with Gasteiger partial charge in [0.15, 0.2) is 5.13 Å². The highest BCUT2D eigenvalue weighted by atomic mass is 127. The number of sulfonamides is 1.